The summed E-state index contributed by atoms with van der Waals surface area (Å²) in [6.45, 7) is 18.2. The minimum atomic E-state index is -0.333. The normalized spacial score (nSPS) is 12.9. The third-order valence-electron chi connectivity index (χ3n) is 5.42. The third-order valence-corrected chi connectivity index (χ3v) is 5.42. The highest BCUT2D eigenvalue weighted by atomic mass is 16.2. The molecule has 0 saturated heterocycles. The van der Waals surface area contributed by atoms with Crippen LogP contribution in [0.1, 0.15) is 25.6 Å². The van der Waals surface area contributed by atoms with E-state index < -0.39 is 0 Å². The Morgan fingerprint density at radius 2 is 1.69 bits per heavy atom. The molecule has 7 heteroatoms. The van der Waals surface area contributed by atoms with Gasteiger partial charge < -0.3 is 14.9 Å². The molecular formula is C25H22N6O. The topological polar surface area (TPSA) is 73.5 Å². The maximum atomic E-state index is 13.0. The first kappa shape index (κ1) is 20.9. The van der Waals surface area contributed by atoms with Gasteiger partial charge in [-0.05, 0) is 29.3 Å². The summed E-state index contributed by atoms with van der Waals surface area (Å²) in [7, 11) is 1.71. The van der Waals surface area contributed by atoms with Crippen LogP contribution in [-0.4, -0.2) is 39.4 Å². The first-order valence-corrected chi connectivity index (χ1v) is 10.4. The fourth-order valence-electron chi connectivity index (χ4n) is 3.73. The first-order valence-electron chi connectivity index (χ1n) is 10.4. The van der Waals surface area contributed by atoms with Crippen LogP contribution in [0.15, 0.2) is 48.5 Å². The molecule has 0 unspecified atom stereocenters. The van der Waals surface area contributed by atoms with Crippen molar-refractivity contribution in [2.45, 2.75) is 19.8 Å². The highest BCUT2D eigenvalue weighted by Gasteiger charge is 2.19. The second-order valence-corrected chi connectivity index (χ2v) is 7.52. The summed E-state index contributed by atoms with van der Waals surface area (Å²) >= 11 is 0. The van der Waals surface area contributed by atoms with Crippen LogP contribution in [-0.2, 0) is 4.79 Å². The van der Waals surface area contributed by atoms with E-state index in [0.717, 1.165) is 34.6 Å². The minimum absolute atomic E-state index is 0.0139. The maximum absolute atomic E-state index is 13.0. The molecule has 32 heavy (non-hydrogen) atoms. The standard InChI is InChI=1S/C25H22N6O/c1-5-6-15-31(4)25(32)23(27-3)21-17-12-8-7-11-16(17)20(30-21)22(26-2)24-28-18-13-9-10-14-19(18)29-24/h7-14,30H,5-6,15H2,1,4H3,(H,28,29)/b22-20+,23-21+. The van der Waals surface area contributed by atoms with Gasteiger partial charge in [-0.1, -0.05) is 49.7 Å². The van der Waals surface area contributed by atoms with Crippen molar-refractivity contribution in [3.8, 4) is 0 Å². The molecule has 0 fully saturated rings. The average Bonchev–Trinajstić information content (AvgIpc) is 3.41. The Hall–Kier alpha value is -4.36. The number of imidazole rings is 1. The molecule has 2 aromatic heterocycles. The summed E-state index contributed by atoms with van der Waals surface area (Å²) in [5.74, 6) is 0.107. The van der Waals surface area contributed by atoms with Gasteiger partial charge in [0.1, 0.15) is 5.82 Å². The molecular weight excluding hydrogens is 400 g/mol. The molecule has 158 valence electrons. The van der Waals surface area contributed by atoms with Gasteiger partial charge in [0, 0.05) is 13.6 Å². The Balaban J connectivity index is 2.03. The van der Waals surface area contributed by atoms with E-state index in [-0.39, 0.29) is 11.6 Å². The van der Waals surface area contributed by atoms with E-state index in [9.17, 15) is 4.79 Å². The Bertz CT molecular complexity index is 1490. The highest BCUT2D eigenvalue weighted by molar-refractivity contribution is 6.16. The number of rotatable bonds is 5. The number of likely N-dealkylation sites (N-methyl/N-ethyl adjacent to an activating group) is 1. The predicted octanol–water partition coefficient (Wildman–Crippen LogP) is 3.41. The Morgan fingerprint density at radius 3 is 2.34 bits per heavy atom. The molecule has 0 aliphatic carbocycles. The zero-order valence-electron chi connectivity index (χ0n) is 17.9. The van der Waals surface area contributed by atoms with Crippen molar-refractivity contribution in [1.29, 1.82) is 0 Å². The van der Waals surface area contributed by atoms with Crippen LogP contribution in [0.2, 0.25) is 0 Å². The fourth-order valence-corrected chi connectivity index (χ4v) is 3.73. The molecule has 4 rings (SSSR count). The smallest absolute Gasteiger partial charge is 0.273 e. The van der Waals surface area contributed by atoms with Gasteiger partial charge >= 0.3 is 0 Å². The zero-order chi connectivity index (χ0) is 22.7. The van der Waals surface area contributed by atoms with Crippen LogP contribution in [0.3, 0.4) is 0 Å². The Morgan fingerprint density at radius 1 is 1.00 bits per heavy atom. The van der Waals surface area contributed by atoms with E-state index in [2.05, 4.69) is 31.6 Å². The number of H-pyrrole nitrogens is 2. The quantitative estimate of drug-likeness (QED) is 0.484. The van der Waals surface area contributed by atoms with Gasteiger partial charge in [-0.2, -0.15) is 0 Å². The number of hydrogen-bond acceptors (Lipinski definition) is 2. The lowest BCUT2D eigenvalue weighted by Gasteiger charge is -2.15. The summed E-state index contributed by atoms with van der Waals surface area (Å²) in [5.41, 5.74) is 1.92. The van der Waals surface area contributed by atoms with Crippen LogP contribution in [0.25, 0.3) is 42.9 Å². The third kappa shape index (κ3) is 3.61. The van der Waals surface area contributed by atoms with Gasteiger partial charge in [-0.25, -0.2) is 14.7 Å². The number of nitrogens with zero attached hydrogens (tertiary/aromatic N) is 4. The van der Waals surface area contributed by atoms with E-state index in [1.807, 2.05) is 48.5 Å². The zero-order valence-corrected chi connectivity index (χ0v) is 17.9. The van der Waals surface area contributed by atoms with Gasteiger partial charge in [0.25, 0.3) is 17.3 Å². The molecule has 2 aromatic carbocycles. The number of unbranched alkanes of at least 4 members (excludes halogenated alkanes) is 1. The van der Waals surface area contributed by atoms with Crippen LogP contribution in [0.4, 0.5) is 0 Å². The molecule has 2 heterocycles. The monoisotopic (exact) mass is 422 g/mol. The van der Waals surface area contributed by atoms with Crippen molar-refractivity contribution in [3.05, 3.63) is 87.9 Å². The van der Waals surface area contributed by atoms with Crippen LogP contribution < -0.4 is 10.7 Å². The lowest BCUT2D eigenvalue weighted by atomic mass is 10.1. The SMILES string of the molecule is [C-]#[N+]/C(C(=O)N(C)CCCC)=c1/[nH]/c(=C(/[N+]#[C-])c2nc3ccccc3[nH]2)c2ccccc12. The first-order chi connectivity index (χ1) is 15.6. The fraction of sp³-hybridized carbons (Fsp3) is 0.200. The summed E-state index contributed by atoms with van der Waals surface area (Å²) in [5, 5.41) is 2.45. The van der Waals surface area contributed by atoms with E-state index in [4.69, 9.17) is 13.1 Å². The van der Waals surface area contributed by atoms with Crippen molar-refractivity contribution in [3.63, 3.8) is 0 Å². The summed E-state index contributed by atoms with van der Waals surface area (Å²) < 4.78 is 0. The van der Waals surface area contributed by atoms with Crippen molar-refractivity contribution in [2.75, 3.05) is 13.6 Å². The summed E-state index contributed by atoms with van der Waals surface area (Å²) in [4.78, 5) is 32.9. The van der Waals surface area contributed by atoms with Crippen molar-refractivity contribution >= 4 is 39.1 Å². The molecule has 0 spiro atoms. The molecule has 0 aliphatic rings. The van der Waals surface area contributed by atoms with E-state index in [0.29, 0.717) is 28.8 Å². The molecule has 0 aliphatic heterocycles. The number of aromatic amines is 2. The van der Waals surface area contributed by atoms with E-state index in [1.54, 1.807) is 11.9 Å². The summed E-state index contributed by atoms with van der Waals surface area (Å²) in [6, 6.07) is 15.0. The Kier molecular flexibility index (Phi) is 5.74. The maximum Gasteiger partial charge on any atom is 0.273 e. The molecule has 0 radical (unpaired) electrons. The van der Waals surface area contributed by atoms with Gasteiger partial charge in [0.2, 0.25) is 0 Å². The number of carbonyl (C=O) groups is 1. The number of benzene rings is 2. The van der Waals surface area contributed by atoms with Gasteiger partial charge in [-0.3, -0.25) is 4.79 Å². The summed E-state index contributed by atoms with van der Waals surface area (Å²) in [6.07, 6.45) is 1.83. The number of aromatic nitrogens is 3. The average molecular weight is 422 g/mol. The van der Waals surface area contributed by atoms with E-state index in [1.165, 1.54) is 0 Å². The van der Waals surface area contributed by atoms with Gasteiger partial charge in [-0.15, -0.1) is 0 Å². The number of hydrogen-bond donors (Lipinski definition) is 2. The molecule has 0 atom stereocenters. The van der Waals surface area contributed by atoms with Crippen LogP contribution >= 0.6 is 0 Å². The number of nitrogens with one attached hydrogen (secondary N) is 2. The lowest BCUT2D eigenvalue weighted by Crippen LogP contribution is -2.31. The second-order valence-electron chi connectivity index (χ2n) is 7.52. The van der Waals surface area contributed by atoms with Crippen molar-refractivity contribution < 1.29 is 4.79 Å². The highest BCUT2D eigenvalue weighted by Crippen LogP contribution is 2.17. The molecule has 2 N–H and O–H groups in total. The van der Waals surface area contributed by atoms with Crippen LogP contribution in [0, 0.1) is 13.1 Å². The number of amides is 1. The van der Waals surface area contributed by atoms with Crippen molar-refractivity contribution in [1.82, 2.24) is 19.9 Å². The van der Waals surface area contributed by atoms with Crippen LogP contribution in [0.5, 0.6) is 0 Å². The van der Waals surface area contributed by atoms with Gasteiger partial charge in [0.05, 0.1) is 34.9 Å². The molecule has 0 saturated carbocycles. The Labute approximate surface area is 185 Å². The number of carbonyl (C=O) groups excluding carboxylic acids is 1. The number of para-hydroxylation sites is 2. The molecule has 1 amide bonds. The largest absolute Gasteiger partial charge is 0.373 e. The lowest BCUT2D eigenvalue weighted by molar-refractivity contribution is -0.123. The minimum Gasteiger partial charge on any atom is -0.373 e. The van der Waals surface area contributed by atoms with E-state index >= 15 is 0 Å². The van der Waals surface area contributed by atoms with Gasteiger partial charge in [0.15, 0.2) is 0 Å². The second kappa shape index (κ2) is 8.79. The molecule has 4 aromatic rings. The predicted molar refractivity (Wildman–Crippen MR) is 125 cm³/mol. The molecule has 7 nitrogen and oxygen atoms in total. The molecule has 0 bridgehead atoms. The number of fused-ring (bicyclic) bond motifs is 2. The van der Waals surface area contributed by atoms with Crippen molar-refractivity contribution in [2.24, 2.45) is 0 Å².